The fourth-order valence-corrected chi connectivity index (χ4v) is 3.58. The number of hydrogen-bond donors (Lipinski definition) is 1. The van der Waals surface area contributed by atoms with Gasteiger partial charge in [0.2, 0.25) is 5.91 Å². The minimum atomic E-state index is -0.0869. The Labute approximate surface area is 169 Å². The molecular formula is C22H25BrN2O2. The van der Waals surface area contributed by atoms with Crippen LogP contribution in [0.2, 0.25) is 0 Å². The van der Waals surface area contributed by atoms with Crippen molar-refractivity contribution < 1.29 is 9.53 Å². The molecule has 27 heavy (non-hydrogen) atoms. The van der Waals surface area contributed by atoms with Gasteiger partial charge in [0, 0.05) is 30.2 Å². The molecule has 3 rings (SSSR count). The van der Waals surface area contributed by atoms with Crippen molar-refractivity contribution >= 4 is 27.9 Å². The average molecular weight is 429 g/mol. The number of nitrogens with one attached hydrogen (secondary N) is 1. The van der Waals surface area contributed by atoms with Crippen molar-refractivity contribution in [2.45, 2.75) is 13.0 Å². The molecule has 1 aliphatic heterocycles. The number of hydrogen-bond acceptors (Lipinski definition) is 3. The third-order valence-electron chi connectivity index (χ3n) is 4.74. The number of nitrogens with zero attached hydrogens (tertiary/aromatic N) is 1. The number of rotatable bonds is 6. The Kier molecular flexibility index (Phi) is 7.21. The van der Waals surface area contributed by atoms with Gasteiger partial charge in [-0.15, -0.1) is 0 Å². The molecule has 0 spiro atoms. The van der Waals surface area contributed by atoms with Crippen LogP contribution in [0.25, 0.3) is 6.08 Å². The van der Waals surface area contributed by atoms with Crippen LogP contribution in [0, 0.1) is 6.92 Å². The molecule has 0 saturated carbocycles. The number of aryl methyl sites for hydroxylation is 1. The molecular weight excluding hydrogens is 404 g/mol. The zero-order chi connectivity index (χ0) is 19.1. The van der Waals surface area contributed by atoms with Gasteiger partial charge in [-0.05, 0) is 30.2 Å². The summed E-state index contributed by atoms with van der Waals surface area (Å²) in [4.78, 5) is 14.7. The molecule has 0 aromatic heterocycles. The standard InChI is InChI=1S/C22H25BrN2O2/c1-17-6-8-19(9-7-17)21(25-12-14-27-15-13-25)16-24-22(26)11-10-18-4-2-3-5-20(18)23/h2-11,21H,12-16H2,1H3,(H,24,26)/b11-10+. The molecule has 1 heterocycles. The number of ether oxygens (including phenoxy) is 1. The van der Waals surface area contributed by atoms with Gasteiger partial charge in [0.1, 0.15) is 0 Å². The van der Waals surface area contributed by atoms with Crippen molar-refractivity contribution in [3.05, 3.63) is 75.8 Å². The zero-order valence-electron chi connectivity index (χ0n) is 15.5. The van der Waals surface area contributed by atoms with E-state index in [2.05, 4.69) is 57.3 Å². The summed E-state index contributed by atoms with van der Waals surface area (Å²) in [5, 5.41) is 3.06. The molecule has 1 unspecified atom stereocenters. The summed E-state index contributed by atoms with van der Waals surface area (Å²) in [6.45, 7) is 5.88. The van der Waals surface area contributed by atoms with Gasteiger partial charge in [0.15, 0.2) is 0 Å². The van der Waals surface area contributed by atoms with Crippen LogP contribution in [-0.4, -0.2) is 43.7 Å². The Hall–Kier alpha value is -1.95. The molecule has 1 fully saturated rings. The van der Waals surface area contributed by atoms with Crippen LogP contribution < -0.4 is 5.32 Å². The van der Waals surface area contributed by atoms with E-state index in [4.69, 9.17) is 4.74 Å². The first kappa shape index (κ1) is 19.8. The Morgan fingerprint density at radius 2 is 1.89 bits per heavy atom. The smallest absolute Gasteiger partial charge is 0.244 e. The summed E-state index contributed by atoms with van der Waals surface area (Å²) in [6, 6.07) is 16.5. The Balaban J connectivity index is 1.65. The first-order valence-electron chi connectivity index (χ1n) is 9.22. The number of morpholine rings is 1. The van der Waals surface area contributed by atoms with E-state index >= 15 is 0 Å². The van der Waals surface area contributed by atoms with E-state index in [0.29, 0.717) is 6.54 Å². The first-order valence-corrected chi connectivity index (χ1v) is 10.0. The van der Waals surface area contributed by atoms with Crippen LogP contribution >= 0.6 is 15.9 Å². The van der Waals surface area contributed by atoms with E-state index in [1.54, 1.807) is 6.08 Å². The van der Waals surface area contributed by atoms with Gasteiger partial charge in [0.05, 0.1) is 19.3 Å². The molecule has 2 aromatic rings. The topological polar surface area (TPSA) is 41.6 Å². The van der Waals surface area contributed by atoms with Crippen LogP contribution in [-0.2, 0) is 9.53 Å². The number of amides is 1. The van der Waals surface area contributed by atoms with E-state index in [1.165, 1.54) is 11.1 Å². The van der Waals surface area contributed by atoms with Crippen LogP contribution in [0.15, 0.2) is 59.1 Å². The monoisotopic (exact) mass is 428 g/mol. The lowest BCUT2D eigenvalue weighted by molar-refractivity contribution is -0.116. The van der Waals surface area contributed by atoms with Gasteiger partial charge in [-0.3, -0.25) is 9.69 Å². The molecule has 0 radical (unpaired) electrons. The summed E-state index contributed by atoms with van der Waals surface area (Å²) in [5.74, 6) is -0.0869. The van der Waals surface area contributed by atoms with Crippen molar-refractivity contribution in [2.75, 3.05) is 32.8 Å². The lowest BCUT2D eigenvalue weighted by Crippen LogP contribution is -2.43. The van der Waals surface area contributed by atoms with Crippen molar-refractivity contribution in [1.82, 2.24) is 10.2 Å². The lowest BCUT2D eigenvalue weighted by Gasteiger charge is -2.35. The molecule has 1 saturated heterocycles. The number of benzene rings is 2. The average Bonchev–Trinajstić information content (AvgIpc) is 2.69. The molecule has 142 valence electrons. The lowest BCUT2D eigenvalue weighted by atomic mass is 10.0. The van der Waals surface area contributed by atoms with Crippen molar-refractivity contribution in [2.24, 2.45) is 0 Å². The highest BCUT2D eigenvalue weighted by Gasteiger charge is 2.22. The highest BCUT2D eigenvalue weighted by molar-refractivity contribution is 9.10. The largest absolute Gasteiger partial charge is 0.379 e. The van der Waals surface area contributed by atoms with Gasteiger partial charge >= 0.3 is 0 Å². The minimum Gasteiger partial charge on any atom is -0.379 e. The summed E-state index contributed by atoms with van der Waals surface area (Å²) < 4.78 is 6.46. The highest BCUT2D eigenvalue weighted by Crippen LogP contribution is 2.22. The molecule has 0 bridgehead atoms. The third-order valence-corrected chi connectivity index (χ3v) is 5.46. The van der Waals surface area contributed by atoms with E-state index < -0.39 is 0 Å². The fraction of sp³-hybridized carbons (Fsp3) is 0.318. The number of carbonyl (C=O) groups excluding carboxylic acids is 1. The van der Waals surface area contributed by atoms with Gasteiger partial charge in [-0.25, -0.2) is 0 Å². The molecule has 1 aliphatic rings. The van der Waals surface area contributed by atoms with Gasteiger partial charge in [-0.1, -0.05) is 64.0 Å². The second-order valence-corrected chi connectivity index (χ2v) is 7.53. The molecule has 0 aliphatic carbocycles. The second kappa shape index (κ2) is 9.83. The SMILES string of the molecule is Cc1ccc(C(CNC(=O)/C=C/c2ccccc2Br)N2CCOCC2)cc1. The predicted octanol–water partition coefficient (Wildman–Crippen LogP) is 3.96. The molecule has 4 nitrogen and oxygen atoms in total. The normalized spacial score (nSPS) is 16.4. The van der Waals surface area contributed by atoms with E-state index in [-0.39, 0.29) is 11.9 Å². The van der Waals surface area contributed by atoms with Gasteiger partial charge < -0.3 is 10.1 Å². The maximum Gasteiger partial charge on any atom is 0.244 e. The quantitative estimate of drug-likeness (QED) is 0.707. The van der Waals surface area contributed by atoms with Crippen LogP contribution in [0.5, 0.6) is 0 Å². The zero-order valence-corrected chi connectivity index (χ0v) is 17.1. The second-order valence-electron chi connectivity index (χ2n) is 6.67. The van der Waals surface area contributed by atoms with E-state index in [9.17, 15) is 4.79 Å². The van der Waals surface area contributed by atoms with Crippen molar-refractivity contribution in [1.29, 1.82) is 0 Å². The summed E-state index contributed by atoms with van der Waals surface area (Å²) >= 11 is 3.50. The van der Waals surface area contributed by atoms with Gasteiger partial charge in [-0.2, -0.15) is 0 Å². The molecule has 1 amide bonds. The highest BCUT2D eigenvalue weighted by atomic mass is 79.9. The minimum absolute atomic E-state index is 0.0869. The van der Waals surface area contributed by atoms with Crippen LogP contribution in [0.3, 0.4) is 0 Å². The first-order chi connectivity index (χ1) is 13.1. The Bertz CT molecular complexity index is 783. The predicted molar refractivity (Wildman–Crippen MR) is 112 cm³/mol. The number of carbonyl (C=O) groups is 1. The molecule has 2 aromatic carbocycles. The molecule has 1 atom stereocenters. The maximum atomic E-state index is 12.3. The van der Waals surface area contributed by atoms with Crippen LogP contribution in [0.4, 0.5) is 0 Å². The van der Waals surface area contributed by atoms with Crippen LogP contribution in [0.1, 0.15) is 22.7 Å². The van der Waals surface area contributed by atoms with Gasteiger partial charge in [0.25, 0.3) is 0 Å². The molecule has 1 N–H and O–H groups in total. The fourth-order valence-electron chi connectivity index (χ4n) is 3.17. The Morgan fingerprint density at radius 1 is 1.19 bits per heavy atom. The maximum absolute atomic E-state index is 12.3. The van der Waals surface area contributed by atoms with E-state index in [0.717, 1.165) is 36.3 Å². The summed E-state index contributed by atoms with van der Waals surface area (Å²) in [7, 11) is 0. The van der Waals surface area contributed by atoms with E-state index in [1.807, 2.05) is 30.3 Å². The van der Waals surface area contributed by atoms with Crippen molar-refractivity contribution in [3.8, 4) is 0 Å². The summed E-state index contributed by atoms with van der Waals surface area (Å²) in [6.07, 6.45) is 3.42. The summed E-state index contributed by atoms with van der Waals surface area (Å²) in [5.41, 5.74) is 3.44. The number of halogens is 1. The van der Waals surface area contributed by atoms with Crippen molar-refractivity contribution in [3.63, 3.8) is 0 Å². The third kappa shape index (κ3) is 5.76. The molecule has 5 heteroatoms. The Morgan fingerprint density at radius 3 is 2.59 bits per heavy atom.